The number of halogens is 1. The largest absolute Gasteiger partial charge is 0.465 e. The van der Waals surface area contributed by atoms with Crippen LogP contribution in [0.2, 0.25) is 5.02 Å². The molecular weight excluding hydrogens is 416 g/mol. The fourth-order valence-corrected chi connectivity index (χ4v) is 3.68. The molecule has 1 aromatic heterocycles. The maximum atomic E-state index is 13.4. The molecule has 8 heteroatoms. The van der Waals surface area contributed by atoms with Crippen molar-refractivity contribution in [2.75, 3.05) is 24.5 Å². The minimum atomic E-state index is -1.05. The molecule has 0 atom stereocenters. The second kappa shape index (κ2) is 10.3. The summed E-state index contributed by atoms with van der Waals surface area (Å²) in [5, 5.41) is 12.3. The first-order valence-corrected chi connectivity index (χ1v) is 10.7. The number of nitrogens with one attached hydrogen (secondary N) is 1. The fourth-order valence-electron chi connectivity index (χ4n) is 3.51. The van der Waals surface area contributed by atoms with E-state index < -0.39 is 6.09 Å². The van der Waals surface area contributed by atoms with Crippen LogP contribution in [0.5, 0.6) is 0 Å². The molecular formula is C23H27ClN4O3. The number of benzene rings is 2. The van der Waals surface area contributed by atoms with E-state index in [9.17, 15) is 9.59 Å². The van der Waals surface area contributed by atoms with Crippen molar-refractivity contribution in [3.63, 3.8) is 0 Å². The van der Waals surface area contributed by atoms with E-state index in [1.165, 1.54) is 0 Å². The highest BCUT2D eigenvalue weighted by Crippen LogP contribution is 2.21. The molecule has 31 heavy (non-hydrogen) atoms. The summed E-state index contributed by atoms with van der Waals surface area (Å²) in [5.41, 5.74) is 1.42. The fraction of sp³-hybridized carbons (Fsp3) is 0.348. The number of hydrogen-bond donors (Lipinski definition) is 2. The summed E-state index contributed by atoms with van der Waals surface area (Å²) in [4.78, 5) is 31.1. The number of carbonyl (C=O) groups is 1. The van der Waals surface area contributed by atoms with Gasteiger partial charge in [-0.2, -0.15) is 0 Å². The molecule has 2 N–H and O–H groups in total. The summed E-state index contributed by atoms with van der Waals surface area (Å²) in [5.74, 6) is 0.886. The molecule has 0 bridgehead atoms. The summed E-state index contributed by atoms with van der Waals surface area (Å²) >= 11 is 6.16. The van der Waals surface area contributed by atoms with Gasteiger partial charge in [-0.05, 0) is 36.1 Å². The Kier molecular flexibility index (Phi) is 7.52. The van der Waals surface area contributed by atoms with Gasteiger partial charge in [0.25, 0.3) is 5.56 Å². The summed E-state index contributed by atoms with van der Waals surface area (Å²) < 4.78 is 1.69. The number of nitrogens with zero attached hydrogens (tertiary/aromatic N) is 3. The molecule has 0 aliphatic heterocycles. The molecule has 0 saturated carbocycles. The third-order valence-electron chi connectivity index (χ3n) is 4.83. The molecule has 0 aliphatic rings. The Labute approximate surface area is 186 Å². The van der Waals surface area contributed by atoms with Crippen LogP contribution in [0.4, 0.5) is 10.7 Å². The number of carboxylic acid groups (broad SMARTS) is 1. The lowest BCUT2D eigenvalue weighted by atomic mass is 10.2. The van der Waals surface area contributed by atoms with E-state index in [-0.39, 0.29) is 5.56 Å². The van der Waals surface area contributed by atoms with Gasteiger partial charge in [-0.1, -0.05) is 55.8 Å². The lowest BCUT2D eigenvalue weighted by molar-refractivity contribution is 0.194. The Morgan fingerprint density at radius 2 is 1.97 bits per heavy atom. The zero-order chi connectivity index (χ0) is 22.4. The summed E-state index contributed by atoms with van der Waals surface area (Å²) in [6.07, 6.45) is -0.455. The highest BCUT2D eigenvalue weighted by Gasteiger charge is 2.19. The van der Waals surface area contributed by atoms with Crippen molar-refractivity contribution in [1.29, 1.82) is 0 Å². The van der Waals surface area contributed by atoms with Crippen LogP contribution in [0.3, 0.4) is 0 Å². The Morgan fingerprint density at radius 1 is 1.23 bits per heavy atom. The predicted octanol–water partition coefficient (Wildman–Crippen LogP) is 4.22. The smallest absolute Gasteiger partial charge is 0.404 e. The van der Waals surface area contributed by atoms with Crippen LogP contribution in [0, 0.1) is 5.92 Å². The van der Waals surface area contributed by atoms with Gasteiger partial charge in [0.1, 0.15) is 0 Å². The van der Waals surface area contributed by atoms with Crippen molar-refractivity contribution in [2.24, 2.45) is 5.92 Å². The molecule has 1 amide bonds. The van der Waals surface area contributed by atoms with E-state index in [1.54, 1.807) is 22.8 Å². The minimum absolute atomic E-state index is 0.127. The van der Waals surface area contributed by atoms with Gasteiger partial charge in [0.2, 0.25) is 5.95 Å². The van der Waals surface area contributed by atoms with Crippen molar-refractivity contribution < 1.29 is 9.90 Å². The maximum absolute atomic E-state index is 13.4. The van der Waals surface area contributed by atoms with Gasteiger partial charge in [-0.3, -0.25) is 9.36 Å². The molecule has 3 aromatic rings. The molecule has 2 aromatic carbocycles. The molecule has 0 radical (unpaired) electrons. The van der Waals surface area contributed by atoms with Gasteiger partial charge in [0.05, 0.1) is 17.4 Å². The van der Waals surface area contributed by atoms with E-state index in [2.05, 4.69) is 24.1 Å². The minimum Gasteiger partial charge on any atom is -0.465 e. The maximum Gasteiger partial charge on any atom is 0.404 e. The van der Waals surface area contributed by atoms with Crippen molar-refractivity contribution >= 4 is 34.5 Å². The number of amides is 1. The average molecular weight is 443 g/mol. The second-order valence-electron chi connectivity index (χ2n) is 7.88. The Hall–Kier alpha value is -3.06. The van der Waals surface area contributed by atoms with E-state index >= 15 is 0 Å². The van der Waals surface area contributed by atoms with E-state index in [1.807, 2.05) is 30.3 Å². The molecule has 0 saturated heterocycles. The molecule has 0 fully saturated rings. The van der Waals surface area contributed by atoms with Crippen LogP contribution in [0.15, 0.2) is 53.3 Å². The van der Waals surface area contributed by atoms with Crippen molar-refractivity contribution in [1.82, 2.24) is 14.9 Å². The Balaban J connectivity index is 2.07. The molecule has 3 rings (SSSR count). The molecule has 1 heterocycles. The van der Waals surface area contributed by atoms with Gasteiger partial charge in [-0.25, -0.2) is 9.78 Å². The number of anilines is 1. The average Bonchev–Trinajstić information content (AvgIpc) is 2.72. The van der Waals surface area contributed by atoms with Crippen LogP contribution in [0.25, 0.3) is 10.9 Å². The van der Waals surface area contributed by atoms with Crippen LogP contribution < -0.4 is 15.8 Å². The molecule has 0 aliphatic carbocycles. The first kappa shape index (κ1) is 22.6. The zero-order valence-corrected chi connectivity index (χ0v) is 18.5. The molecule has 7 nitrogen and oxygen atoms in total. The highest BCUT2D eigenvalue weighted by atomic mass is 35.5. The van der Waals surface area contributed by atoms with E-state index in [0.29, 0.717) is 60.4 Å². The van der Waals surface area contributed by atoms with Gasteiger partial charge in [-0.15, -0.1) is 0 Å². The van der Waals surface area contributed by atoms with Crippen molar-refractivity contribution in [2.45, 2.75) is 26.8 Å². The number of aromatic nitrogens is 2. The van der Waals surface area contributed by atoms with Gasteiger partial charge >= 0.3 is 6.09 Å². The summed E-state index contributed by atoms with van der Waals surface area (Å²) in [6.45, 7) is 6.15. The van der Waals surface area contributed by atoms with E-state index in [0.717, 1.165) is 5.56 Å². The first-order chi connectivity index (χ1) is 14.8. The molecule has 0 unspecified atom stereocenters. The van der Waals surface area contributed by atoms with Gasteiger partial charge in [0, 0.05) is 24.7 Å². The number of fused-ring (bicyclic) bond motifs is 1. The Morgan fingerprint density at radius 3 is 2.65 bits per heavy atom. The second-order valence-corrected chi connectivity index (χ2v) is 8.31. The number of hydrogen-bond acceptors (Lipinski definition) is 4. The Bertz CT molecular complexity index is 1100. The van der Waals surface area contributed by atoms with Crippen molar-refractivity contribution in [3.05, 3.63) is 69.5 Å². The quantitative estimate of drug-likeness (QED) is 0.484. The van der Waals surface area contributed by atoms with Crippen molar-refractivity contribution in [3.8, 4) is 0 Å². The standard InChI is InChI=1S/C23H27ClN4O3/c1-16(2)14-27(12-6-11-25-23(30)31)22-26-20-13-18(24)9-10-19(20)21(29)28(22)15-17-7-4-3-5-8-17/h3-5,7-10,13,16,25H,6,11-12,14-15H2,1-2H3,(H,30,31). The third-order valence-corrected chi connectivity index (χ3v) is 5.07. The number of rotatable bonds is 9. The van der Waals surface area contributed by atoms with Crippen LogP contribution >= 0.6 is 11.6 Å². The predicted molar refractivity (Wildman–Crippen MR) is 124 cm³/mol. The lowest BCUT2D eigenvalue weighted by Gasteiger charge is -2.28. The van der Waals surface area contributed by atoms with Crippen LogP contribution in [0.1, 0.15) is 25.8 Å². The van der Waals surface area contributed by atoms with E-state index in [4.69, 9.17) is 21.7 Å². The van der Waals surface area contributed by atoms with Gasteiger partial charge in [0.15, 0.2) is 0 Å². The third kappa shape index (κ3) is 5.98. The van der Waals surface area contributed by atoms with Gasteiger partial charge < -0.3 is 15.3 Å². The zero-order valence-electron chi connectivity index (χ0n) is 17.7. The molecule has 0 spiro atoms. The summed E-state index contributed by atoms with van der Waals surface area (Å²) in [7, 11) is 0. The highest BCUT2D eigenvalue weighted by molar-refractivity contribution is 6.31. The SMILES string of the molecule is CC(C)CN(CCCNC(=O)O)c1nc2cc(Cl)ccc2c(=O)n1Cc1ccccc1. The lowest BCUT2D eigenvalue weighted by Crippen LogP contribution is -2.37. The molecule has 164 valence electrons. The first-order valence-electron chi connectivity index (χ1n) is 10.3. The summed E-state index contributed by atoms with van der Waals surface area (Å²) in [6, 6.07) is 14.9. The monoisotopic (exact) mass is 442 g/mol. The van der Waals surface area contributed by atoms with Crippen LogP contribution in [-0.2, 0) is 6.54 Å². The topological polar surface area (TPSA) is 87.5 Å². The normalized spacial score (nSPS) is 11.1. The van der Waals surface area contributed by atoms with Crippen LogP contribution in [-0.4, -0.2) is 40.4 Å².